The molecule has 2 nitrogen and oxygen atoms in total. The Balaban J connectivity index is 1.18. The van der Waals surface area contributed by atoms with Crippen LogP contribution in [-0.4, -0.2) is 7.28 Å². The minimum atomic E-state index is -0.158. The molecule has 0 saturated carbocycles. The molecular weight excluding hydrogens is 687 g/mol. The molecule has 0 spiro atoms. The quantitative estimate of drug-likeness (QED) is 0.117. The zero-order chi connectivity index (χ0) is 38.5. The predicted molar refractivity (Wildman–Crippen MR) is 245 cm³/mol. The number of unbranched alkanes of at least 4 members (excludes halogenated alkanes) is 2. The summed E-state index contributed by atoms with van der Waals surface area (Å²) in [5.74, 6) is 0. The summed E-state index contributed by atoms with van der Waals surface area (Å²) in [6.45, 7) is 7.09. The first kappa shape index (κ1) is 35.1. The lowest BCUT2D eigenvalue weighted by Gasteiger charge is -2.46. The van der Waals surface area contributed by atoms with E-state index < -0.39 is 0 Å². The third kappa shape index (κ3) is 6.23. The Bertz CT molecular complexity index is 2770. The molecule has 1 N–H and O–H groups in total. The Kier molecular flexibility index (Phi) is 8.82. The molecule has 0 aromatic heterocycles. The van der Waals surface area contributed by atoms with Gasteiger partial charge in [-0.25, -0.2) is 0 Å². The number of fused-ring (bicyclic) bond motifs is 5. The summed E-state index contributed by atoms with van der Waals surface area (Å²) in [5, 5.41) is 6.48. The van der Waals surface area contributed by atoms with Crippen molar-refractivity contribution >= 4 is 57.4 Å². The van der Waals surface area contributed by atoms with E-state index in [1.165, 1.54) is 108 Å². The second kappa shape index (κ2) is 14.3. The van der Waals surface area contributed by atoms with Crippen LogP contribution in [0, 0.1) is 0 Å². The maximum absolute atomic E-state index is 3.92. The number of benzene rings is 8. The van der Waals surface area contributed by atoms with Gasteiger partial charge in [0.2, 0.25) is 0 Å². The van der Waals surface area contributed by atoms with Crippen molar-refractivity contribution in [1.29, 1.82) is 0 Å². The zero-order valence-corrected chi connectivity index (χ0v) is 33.0. The Morgan fingerprint density at radius 1 is 0.544 bits per heavy atom. The van der Waals surface area contributed by atoms with Gasteiger partial charge in [-0.1, -0.05) is 173 Å². The highest BCUT2D eigenvalue weighted by atomic mass is 15.2. The van der Waals surface area contributed by atoms with Crippen LogP contribution in [0.25, 0.3) is 44.2 Å². The number of para-hydroxylation sites is 1. The van der Waals surface area contributed by atoms with E-state index in [9.17, 15) is 0 Å². The summed E-state index contributed by atoms with van der Waals surface area (Å²) in [6, 6.07) is 62.7. The third-order valence-corrected chi connectivity index (χ3v) is 12.3. The highest BCUT2D eigenvalue weighted by molar-refractivity contribution is 6.73. The molecule has 0 unspecified atom stereocenters. The Hall–Kier alpha value is -6.32. The van der Waals surface area contributed by atoms with E-state index in [0.29, 0.717) is 0 Å². The van der Waals surface area contributed by atoms with Gasteiger partial charge in [-0.2, -0.15) is 0 Å². The third-order valence-electron chi connectivity index (χ3n) is 12.3. The summed E-state index contributed by atoms with van der Waals surface area (Å²) in [7, 11) is 2.46. The summed E-state index contributed by atoms with van der Waals surface area (Å²) in [5.41, 5.74) is 19.8. The molecule has 1 radical (unpaired) electrons. The first-order chi connectivity index (χ1) is 28.0. The second-order valence-corrected chi connectivity index (χ2v) is 16.3. The van der Waals surface area contributed by atoms with Crippen LogP contribution in [0.4, 0.5) is 28.4 Å². The highest BCUT2D eigenvalue weighted by Crippen LogP contribution is 2.53. The van der Waals surface area contributed by atoms with Gasteiger partial charge in [0, 0.05) is 33.7 Å². The molecule has 0 amide bonds. The topological polar surface area (TPSA) is 15.3 Å². The van der Waals surface area contributed by atoms with Crippen molar-refractivity contribution in [3.63, 3.8) is 0 Å². The van der Waals surface area contributed by atoms with E-state index in [1.807, 2.05) is 0 Å². The van der Waals surface area contributed by atoms with Crippen molar-refractivity contribution in [2.45, 2.75) is 51.9 Å². The van der Waals surface area contributed by atoms with Crippen LogP contribution >= 0.6 is 0 Å². The maximum Gasteiger partial charge on any atom is 0.197 e. The fourth-order valence-electron chi connectivity index (χ4n) is 9.22. The van der Waals surface area contributed by atoms with Gasteiger partial charge in [0.15, 0.2) is 7.28 Å². The average molecular weight is 734 g/mol. The van der Waals surface area contributed by atoms with Gasteiger partial charge in [-0.15, -0.1) is 0 Å². The van der Waals surface area contributed by atoms with Gasteiger partial charge in [-0.05, 0) is 110 Å². The van der Waals surface area contributed by atoms with Crippen LogP contribution in [0.3, 0.4) is 0 Å². The molecule has 10 rings (SSSR count). The van der Waals surface area contributed by atoms with Crippen molar-refractivity contribution in [3.05, 3.63) is 187 Å². The van der Waals surface area contributed by atoms with E-state index in [2.05, 4.69) is 208 Å². The van der Waals surface area contributed by atoms with Gasteiger partial charge in [0.1, 0.15) is 0 Å². The van der Waals surface area contributed by atoms with Gasteiger partial charge in [0.05, 0.1) is 5.69 Å². The highest BCUT2D eigenvalue weighted by Gasteiger charge is 2.41. The number of hydrogen-bond donors (Lipinski definition) is 1. The van der Waals surface area contributed by atoms with Gasteiger partial charge >= 0.3 is 0 Å². The predicted octanol–water partition coefficient (Wildman–Crippen LogP) is 13.4. The molecule has 0 fully saturated rings. The molecule has 2 aliphatic rings. The first-order valence-electron chi connectivity index (χ1n) is 20.6. The number of hydrogen-bond acceptors (Lipinski definition) is 2. The number of nitrogens with zero attached hydrogens (tertiary/aromatic N) is 1. The monoisotopic (exact) mass is 733 g/mol. The molecule has 0 atom stereocenters. The Labute approximate surface area is 338 Å². The lowest BCUT2D eigenvalue weighted by atomic mass is 9.55. The Morgan fingerprint density at radius 2 is 1.21 bits per heavy atom. The van der Waals surface area contributed by atoms with Crippen LogP contribution < -0.4 is 21.1 Å². The van der Waals surface area contributed by atoms with Crippen LogP contribution in [-0.2, 0) is 11.8 Å². The molecule has 0 saturated heterocycles. The van der Waals surface area contributed by atoms with Crippen LogP contribution in [0.2, 0.25) is 0 Å². The molecule has 2 heterocycles. The van der Waals surface area contributed by atoms with Crippen molar-refractivity contribution < 1.29 is 0 Å². The van der Waals surface area contributed by atoms with Crippen molar-refractivity contribution in [2.75, 3.05) is 10.2 Å². The Morgan fingerprint density at radius 3 is 1.95 bits per heavy atom. The normalized spacial score (nSPS) is 13.4. The first-order valence-corrected chi connectivity index (χ1v) is 20.6. The largest absolute Gasteiger partial charge is 0.355 e. The summed E-state index contributed by atoms with van der Waals surface area (Å²) < 4.78 is 0. The summed E-state index contributed by atoms with van der Waals surface area (Å²) >= 11 is 0. The fraction of sp³-hybridized carbons (Fsp3) is 0.148. The molecule has 3 heteroatoms. The minimum Gasteiger partial charge on any atom is -0.355 e. The van der Waals surface area contributed by atoms with E-state index in [0.717, 1.165) is 17.8 Å². The molecular formula is C54H46BN2. The molecule has 275 valence electrons. The molecule has 57 heavy (non-hydrogen) atoms. The van der Waals surface area contributed by atoms with Gasteiger partial charge in [0.25, 0.3) is 0 Å². The lowest BCUT2D eigenvalue weighted by molar-refractivity contribution is 0.633. The number of nitrogens with one attached hydrogen (secondary N) is 1. The minimum absolute atomic E-state index is 0.158. The zero-order valence-electron chi connectivity index (χ0n) is 33.0. The van der Waals surface area contributed by atoms with Gasteiger partial charge < -0.3 is 10.2 Å². The average Bonchev–Trinajstić information content (AvgIpc) is 3.25. The molecule has 8 aromatic carbocycles. The van der Waals surface area contributed by atoms with Crippen LogP contribution in [0.15, 0.2) is 170 Å². The van der Waals surface area contributed by atoms with E-state index >= 15 is 0 Å². The van der Waals surface area contributed by atoms with Crippen molar-refractivity contribution in [3.8, 4) is 33.4 Å². The molecule has 0 aliphatic carbocycles. The number of aryl methyl sites for hydroxylation is 1. The smallest absolute Gasteiger partial charge is 0.197 e. The number of rotatable bonds is 9. The maximum atomic E-state index is 3.92. The van der Waals surface area contributed by atoms with E-state index in [1.54, 1.807) is 0 Å². The molecule has 8 aromatic rings. The molecule has 2 aliphatic heterocycles. The lowest BCUT2D eigenvalue weighted by Crippen LogP contribution is -2.45. The van der Waals surface area contributed by atoms with E-state index in [4.69, 9.17) is 0 Å². The number of anilines is 5. The van der Waals surface area contributed by atoms with E-state index in [-0.39, 0.29) is 5.41 Å². The van der Waals surface area contributed by atoms with Gasteiger partial charge in [-0.3, -0.25) is 0 Å². The summed E-state index contributed by atoms with van der Waals surface area (Å²) in [6.07, 6.45) is 4.62. The standard InChI is InChI=1S/C54H46BN2/c1-4-5-8-16-36-31-45(44-30-27-42(38-19-11-7-12-20-38)34-49(44)56-43-28-25-39(26-29-43)37-17-9-6-10-18-37)52-51(32-36)57-50-35-41-22-14-13-21-40(41)33-47(50)54(2,3)46-23-15-24-48(55-52)53(46)57/h6-7,9-15,17-35,56H,4-5,8,16H2,1-3H3. The second-order valence-electron chi connectivity index (χ2n) is 16.3. The fourth-order valence-corrected chi connectivity index (χ4v) is 9.22. The van der Waals surface area contributed by atoms with Crippen molar-refractivity contribution in [1.82, 2.24) is 0 Å². The van der Waals surface area contributed by atoms with Crippen LogP contribution in [0.1, 0.15) is 56.7 Å². The van der Waals surface area contributed by atoms with Crippen LogP contribution in [0.5, 0.6) is 0 Å². The molecule has 0 bridgehead atoms. The summed E-state index contributed by atoms with van der Waals surface area (Å²) in [4.78, 5) is 2.60. The van der Waals surface area contributed by atoms with Crippen molar-refractivity contribution in [2.24, 2.45) is 0 Å². The SMILES string of the molecule is CCCCCc1cc(-c2ccc(-c3ccccc3)cc2Nc2ccc(-c3ccccc3)cc2)c2c(c1)N1c3cc4ccccc4cc3C(C)(C)c3cccc(c31)[B]2.